The molecule has 158 valence electrons. The largest absolute Gasteiger partial charge is 0.447 e. The number of alkyl carbamates (subject to hydrolysis) is 1. The van der Waals surface area contributed by atoms with Crippen LogP contribution in [0.1, 0.15) is 52.5 Å². The maximum Gasteiger partial charge on any atom is 0.407 e. The van der Waals surface area contributed by atoms with E-state index in [1.807, 2.05) is 12.1 Å². The number of anilines is 1. The van der Waals surface area contributed by atoms with Crippen molar-refractivity contribution < 1.29 is 14.3 Å². The number of cyclic esters (lactones) is 1. The van der Waals surface area contributed by atoms with Crippen LogP contribution in [0, 0.1) is 0 Å². The quantitative estimate of drug-likeness (QED) is 0.691. The highest BCUT2D eigenvalue weighted by atomic mass is 16.6. The number of amides is 2. The molecule has 1 unspecified atom stereocenters. The third-order valence-electron chi connectivity index (χ3n) is 6.24. The van der Waals surface area contributed by atoms with Crippen LogP contribution in [0.25, 0.3) is 0 Å². The molecule has 1 atom stereocenters. The molecule has 2 aromatic rings. The van der Waals surface area contributed by atoms with Gasteiger partial charge in [-0.2, -0.15) is 0 Å². The number of ether oxygens (including phenoxy) is 1. The lowest BCUT2D eigenvalue weighted by Gasteiger charge is -2.24. The first-order chi connectivity index (χ1) is 14.7. The van der Waals surface area contributed by atoms with Crippen LogP contribution in [-0.4, -0.2) is 52.7 Å². The molecule has 5 rings (SSSR count). The van der Waals surface area contributed by atoms with E-state index in [1.165, 1.54) is 11.1 Å². The molecule has 2 saturated heterocycles. The molecule has 2 aliphatic heterocycles. The monoisotopic (exact) mass is 410 g/mol. The summed E-state index contributed by atoms with van der Waals surface area (Å²) in [6.07, 6.45) is 4.59. The van der Waals surface area contributed by atoms with E-state index in [0.717, 1.165) is 56.6 Å². The molecule has 0 radical (unpaired) electrons. The number of nitrogens with one attached hydrogen (secondary N) is 3. The van der Waals surface area contributed by atoms with Crippen molar-refractivity contribution in [2.75, 3.05) is 25.0 Å². The van der Waals surface area contributed by atoms with Gasteiger partial charge in [-0.1, -0.05) is 17.3 Å². The van der Waals surface area contributed by atoms with Crippen LogP contribution in [0.4, 0.5) is 10.5 Å². The van der Waals surface area contributed by atoms with Gasteiger partial charge in [0, 0.05) is 11.6 Å². The minimum absolute atomic E-state index is 0.173. The van der Waals surface area contributed by atoms with E-state index in [1.54, 1.807) is 4.68 Å². The molecule has 0 spiro atoms. The molecule has 2 fully saturated rings. The Hall–Kier alpha value is -2.94. The molecular weight excluding hydrogens is 384 g/mol. The van der Waals surface area contributed by atoms with Gasteiger partial charge in [-0.25, -0.2) is 9.48 Å². The van der Waals surface area contributed by atoms with Gasteiger partial charge in [0.1, 0.15) is 6.61 Å². The van der Waals surface area contributed by atoms with E-state index in [0.29, 0.717) is 18.8 Å². The molecule has 3 heterocycles. The number of carbonyl (C=O) groups excluding carboxylic acids is 2. The van der Waals surface area contributed by atoms with Gasteiger partial charge in [-0.15, -0.1) is 5.10 Å². The SMILES string of the molecule is O=C1NC(Cn2nnc(C(=O)Nc3cccc4c3CCC4)c2C2CCNCC2)CO1. The lowest BCUT2D eigenvalue weighted by Crippen LogP contribution is -2.34. The lowest BCUT2D eigenvalue weighted by atomic mass is 9.92. The average molecular weight is 410 g/mol. The second-order valence-corrected chi connectivity index (χ2v) is 8.22. The highest BCUT2D eigenvalue weighted by Gasteiger charge is 2.31. The van der Waals surface area contributed by atoms with E-state index in [9.17, 15) is 9.59 Å². The molecule has 30 heavy (non-hydrogen) atoms. The van der Waals surface area contributed by atoms with E-state index in [-0.39, 0.29) is 17.9 Å². The molecule has 1 aromatic heterocycles. The molecular formula is C21H26N6O3. The number of aromatic nitrogens is 3. The van der Waals surface area contributed by atoms with Crippen molar-refractivity contribution >= 4 is 17.7 Å². The zero-order valence-electron chi connectivity index (χ0n) is 16.8. The fraction of sp³-hybridized carbons (Fsp3) is 0.524. The first-order valence-electron chi connectivity index (χ1n) is 10.7. The zero-order valence-corrected chi connectivity index (χ0v) is 16.8. The second-order valence-electron chi connectivity index (χ2n) is 8.22. The average Bonchev–Trinajstić information content (AvgIpc) is 3.49. The Labute approximate surface area is 174 Å². The fourth-order valence-electron chi connectivity index (χ4n) is 4.77. The summed E-state index contributed by atoms with van der Waals surface area (Å²) in [5.41, 5.74) is 4.64. The van der Waals surface area contributed by atoms with Crippen molar-refractivity contribution in [2.24, 2.45) is 0 Å². The summed E-state index contributed by atoms with van der Waals surface area (Å²) >= 11 is 0. The van der Waals surface area contributed by atoms with E-state index in [2.05, 4.69) is 32.3 Å². The molecule has 9 nitrogen and oxygen atoms in total. The number of hydrogen-bond acceptors (Lipinski definition) is 6. The number of carbonyl (C=O) groups is 2. The maximum absolute atomic E-state index is 13.2. The third-order valence-corrected chi connectivity index (χ3v) is 6.24. The van der Waals surface area contributed by atoms with Crippen LogP contribution in [0.15, 0.2) is 18.2 Å². The first kappa shape index (κ1) is 19.0. The number of rotatable bonds is 5. The Kier molecular flexibility index (Phi) is 5.12. The van der Waals surface area contributed by atoms with Crippen molar-refractivity contribution in [1.82, 2.24) is 25.6 Å². The third kappa shape index (κ3) is 3.65. The number of benzene rings is 1. The normalized spacial score (nSPS) is 21.2. The molecule has 2 amide bonds. The van der Waals surface area contributed by atoms with Crippen molar-refractivity contribution in [3.63, 3.8) is 0 Å². The minimum atomic E-state index is -0.417. The molecule has 3 N–H and O–H groups in total. The highest BCUT2D eigenvalue weighted by molar-refractivity contribution is 6.04. The number of aryl methyl sites for hydroxylation is 1. The van der Waals surface area contributed by atoms with Gasteiger partial charge < -0.3 is 20.7 Å². The van der Waals surface area contributed by atoms with E-state index < -0.39 is 6.09 Å². The Morgan fingerprint density at radius 2 is 2.13 bits per heavy atom. The van der Waals surface area contributed by atoms with Gasteiger partial charge in [-0.05, 0) is 62.4 Å². The lowest BCUT2D eigenvalue weighted by molar-refractivity contribution is 0.102. The maximum atomic E-state index is 13.2. The smallest absolute Gasteiger partial charge is 0.407 e. The molecule has 0 saturated carbocycles. The number of fused-ring (bicyclic) bond motifs is 1. The topological polar surface area (TPSA) is 110 Å². The van der Waals surface area contributed by atoms with Crippen molar-refractivity contribution in [1.29, 1.82) is 0 Å². The summed E-state index contributed by atoms with van der Waals surface area (Å²) in [4.78, 5) is 24.6. The summed E-state index contributed by atoms with van der Waals surface area (Å²) < 4.78 is 6.78. The Bertz CT molecular complexity index is 966. The van der Waals surface area contributed by atoms with Gasteiger partial charge in [0.25, 0.3) is 5.91 Å². The van der Waals surface area contributed by atoms with Crippen LogP contribution >= 0.6 is 0 Å². The van der Waals surface area contributed by atoms with Gasteiger partial charge in [0.05, 0.1) is 18.3 Å². The Morgan fingerprint density at radius 3 is 2.93 bits per heavy atom. The van der Waals surface area contributed by atoms with Crippen molar-refractivity contribution in [3.8, 4) is 0 Å². The van der Waals surface area contributed by atoms with E-state index >= 15 is 0 Å². The molecule has 1 aromatic carbocycles. The highest BCUT2D eigenvalue weighted by Crippen LogP contribution is 2.31. The van der Waals surface area contributed by atoms with Gasteiger partial charge >= 0.3 is 6.09 Å². The number of hydrogen-bond donors (Lipinski definition) is 3. The van der Waals surface area contributed by atoms with Crippen LogP contribution in [0.2, 0.25) is 0 Å². The summed E-state index contributed by atoms with van der Waals surface area (Å²) in [6, 6.07) is 5.91. The first-order valence-corrected chi connectivity index (χ1v) is 10.7. The number of nitrogens with zero attached hydrogens (tertiary/aromatic N) is 3. The fourth-order valence-corrected chi connectivity index (χ4v) is 4.77. The van der Waals surface area contributed by atoms with Gasteiger partial charge in [0.15, 0.2) is 5.69 Å². The predicted octanol–water partition coefficient (Wildman–Crippen LogP) is 1.59. The van der Waals surface area contributed by atoms with Gasteiger partial charge in [-0.3, -0.25) is 4.79 Å². The Balaban J connectivity index is 1.43. The predicted molar refractivity (Wildman–Crippen MR) is 110 cm³/mol. The minimum Gasteiger partial charge on any atom is -0.447 e. The van der Waals surface area contributed by atoms with Crippen LogP contribution in [0.3, 0.4) is 0 Å². The van der Waals surface area contributed by atoms with Gasteiger partial charge in [0.2, 0.25) is 0 Å². The zero-order chi connectivity index (χ0) is 20.5. The summed E-state index contributed by atoms with van der Waals surface area (Å²) in [5.74, 6) is -0.0247. The molecule has 0 bridgehead atoms. The van der Waals surface area contributed by atoms with Crippen molar-refractivity contribution in [2.45, 2.75) is 50.6 Å². The van der Waals surface area contributed by atoms with E-state index in [4.69, 9.17) is 4.74 Å². The molecule has 3 aliphatic rings. The van der Waals surface area contributed by atoms with Crippen molar-refractivity contribution in [3.05, 3.63) is 40.7 Å². The number of piperidine rings is 1. The Morgan fingerprint density at radius 1 is 1.27 bits per heavy atom. The van der Waals surface area contributed by atoms with Crippen LogP contribution < -0.4 is 16.0 Å². The van der Waals surface area contributed by atoms with Crippen LogP contribution in [0.5, 0.6) is 0 Å². The summed E-state index contributed by atoms with van der Waals surface area (Å²) in [7, 11) is 0. The van der Waals surface area contributed by atoms with Crippen LogP contribution in [-0.2, 0) is 24.1 Å². The second kappa shape index (κ2) is 8.06. The summed E-state index contributed by atoms with van der Waals surface area (Å²) in [6.45, 7) is 2.52. The molecule has 9 heteroatoms. The molecule has 1 aliphatic carbocycles. The standard InChI is InChI=1S/C21H26N6O3/c28-20(24-17-6-2-4-13-3-1-5-16(13)17)18-19(14-7-9-22-10-8-14)27(26-25-18)11-15-12-30-21(29)23-15/h2,4,6,14-15,22H,1,3,5,7-12H2,(H,23,29)(H,24,28). The summed E-state index contributed by atoms with van der Waals surface area (Å²) in [5, 5.41) is 17.8.